The summed E-state index contributed by atoms with van der Waals surface area (Å²) in [7, 11) is 0. The molecule has 204 valence electrons. The summed E-state index contributed by atoms with van der Waals surface area (Å²) in [6.07, 6.45) is -3.77. The zero-order valence-electron chi connectivity index (χ0n) is 20.7. The molecule has 2 aliphatic heterocycles. The average molecular weight is 534 g/mol. The summed E-state index contributed by atoms with van der Waals surface area (Å²) < 4.78 is 27.4. The van der Waals surface area contributed by atoms with Crippen LogP contribution in [0.25, 0.3) is 0 Å². The van der Waals surface area contributed by atoms with Crippen molar-refractivity contribution in [1.29, 1.82) is 0 Å². The van der Waals surface area contributed by atoms with Crippen molar-refractivity contribution in [3.8, 4) is 11.5 Å². The molecule has 4 atom stereocenters. The normalized spacial score (nSPS) is 20.7. The number of aliphatic hydroxyl groups excluding tert-OH is 1. The molecule has 0 saturated carbocycles. The van der Waals surface area contributed by atoms with E-state index in [0.29, 0.717) is 0 Å². The fourth-order valence-corrected chi connectivity index (χ4v) is 3.83. The lowest BCUT2D eigenvalue weighted by Crippen LogP contribution is -2.30. The Morgan fingerprint density at radius 2 is 2.00 bits per heavy atom. The van der Waals surface area contributed by atoms with E-state index in [-0.39, 0.29) is 53.6 Å². The van der Waals surface area contributed by atoms with Gasteiger partial charge in [-0.2, -0.15) is 4.98 Å². The highest BCUT2D eigenvalue weighted by Gasteiger charge is 2.37. The summed E-state index contributed by atoms with van der Waals surface area (Å²) in [5, 5.41) is 24.3. The van der Waals surface area contributed by atoms with Crippen molar-refractivity contribution in [3.05, 3.63) is 50.6 Å². The van der Waals surface area contributed by atoms with E-state index in [4.69, 9.17) is 23.7 Å². The number of nitro groups is 1. The Labute approximate surface area is 215 Å². The highest BCUT2D eigenvalue weighted by Crippen LogP contribution is 2.41. The molecule has 0 radical (unpaired) electrons. The quantitative estimate of drug-likeness (QED) is 0.285. The predicted octanol–water partition coefficient (Wildman–Crippen LogP) is 2.04. The largest absolute Gasteiger partial charge is 0.508 e. The number of hydrogen-bond donors (Lipinski definition) is 2. The van der Waals surface area contributed by atoms with Gasteiger partial charge in [-0.1, -0.05) is 13.8 Å². The number of nitrogens with zero attached hydrogens (tertiary/aromatic N) is 3. The second-order valence-corrected chi connectivity index (χ2v) is 8.92. The Morgan fingerprint density at radius 3 is 2.66 bits per heavy atom. The Bertz CT molecular complexity index is 1290. The number of fused-ring (bicyclic) bond motifs is 1. The minimum Gasteiger partial charge on any atom is -0.454 e. The number of ether oxygens (including phenoxy) is 5. The van der Waals surface area contributed by atoms with Crippen molar-refractivity contribution in [2.24, 2.45) is 5.92 Å². The number of hydrogen-bond acceptors (Lipinski definition) is 12. The Morgan fingerprint density at radius 1 is 1.29 bits per heavy atom. The van der Waals surface area contributed by atoms with Gasteiger partial charge in [0.05, 0.1) is 22.7 Å². The molecule has 1 saturated heterocycles. The molecule has 3 heterocycles. The average Bonchev–Trinajstić information content (AvgIpc) is 3.47. The topological polar surface area (TPSA) is 191 Å². The van der Waals surface area contributed by atoms with Crippen LogP contribution in [0.2, 0.25) is 0 Å². The second-order valence-electron chi connectivity index (χ2n) is 8.92. The number of nitrogens with one attached hydrogen (secondary N) is 1. The van der Waals surface area contributed by atoms with E-state index in [9.17, 15) is 29.6 Å². The molecule has 2 N–H and O–H groups in total. The van der Waals surface area contributed by atoms with Crippen LogP contribution in [0.3, 0.4) is 0 Å². The SMILES string of the molecule is CC(C)C(=O)Nc1ccn([C@H]2C[C@H](O)[C@@H](COC(=O)OC(C)c3cc4c(cc3[N+](=O)[O-])OCO4)O2)c(=O)n1. The molecule has 0 bridgehead atoms. The molecule has 4 rings (SSSR count). The van der Waals surface area contributed by atoms with Crippen LogP contribution >= 0.6 is 0 Å². The summed E-state index contributed by atoms with van der Waals surface area (Å²) in [5.74, 6) is -0.0174. The first-order valence-corrected chi connectivity index (χ1v) is 11.7. The summed E-state index contributed by atoms with van der Waals surface area (Å²) in [6.45, 7) is 4.33. The molecule has 15 nitrogen and oxygen atoms in total. The second kappa shape index (κ2) is 11.0. The monoisotopic (exact) mass is 534 g/mol. The summed E-state index contributed by atoms with van der Waals surface area (Å²) >= 11 is 0. The van der Waals surface area contributed by atoms with Gasteiger partial charge in [0.2, 0.25) is 12.7 Å². The van der Waals surface area contributed by atoms with Crippen LogP contribution in [-0.2, 0) is 19.0 Å². The fourth-order valence-electron chi connectivity index (χ4n) is 3.83. The molecule has 1 unspecified atom stereocenters. The zero-order valence-corrected chi connectivity index (χ0v) is 20.7. The van der Waals surface area contributed by atoms with Gasteiger partial charge in [-0.05, 0) is 19.1 Å². The molecule has 1 aromatic heterocycles. The lowest BCUT2D eigenvalue weighted by atomic mass is 10.1. The van der Waals surface area contributed by atoms with Crippen molar-refractivity contribution < 1.29 is 43.3 Å². The summed E-state index contributed by atoms with van der Waals surface area (Å²) in [6, 6.07) is 3.97. The van der Waals surface area contributed by atoms with Crippen molar-refractivity contribution >= 4 is 23.6 Å². The molecule has 1 amide bonds. The maximum absolute atomic E-state index is 12.4. The minimum absolute atomic E-state index is 0.0160. The van der Waals surface area contributed by atoms with E-state index in [2.05, 4.69) is 10.3 Å². The zero-order chi connectivity index (χ0) is 27.6. The third-order valence-corrected chi connectivity index (χ3v) is 5.92. The lowest BCUT2D eigenvalue weighted by molar-refractivity contribution is -0.386. The van der Waals surface area contributed by atoms with Gasteiger partial charge >= 0.3 is 11.8 Å². The Kier molecular flexibility index (Phi) is 7.78. The first kappa shape index (κ1) is 26.8. The number of rotatable bonds is 8. The van der Waals surface area contributed by atoms with Crippen LogP contribution in [0.4, 0.5) is 16.3 Å². The Hall–Kier alpha value is -4.24. The van der Waals surface area contributed by atoms with Crippen molar-refractivity contribution in [2.45, 2.75) is 51.7 Å². The van der Waals surface area contributed by atoms with E-state index in [1.807, 2.05) is 0 Å². The molecule has 2 aliphatic rings. The van der Waals surface area contributed by atoms with Crippen molar-refractivity contribution in [3.63, 3.8) is 0 Å². The van der Waals surface area contributed by atoms with Gasteiger partial charge < -0.3 is 34.1 Å². The number of carbonyl (C=O) groups is 2. The van der Waals surface area contributed by atoms with Gasteiger partial charge in [0.1, 0.15) is 30.9 Å². The third kappa shape index (κ3) is 5.84. The molecule has 1 aromatic carbocycles. The van der Waals surface area contributed by atoms with Gasteiger partial charge in [0.25, 0.3) is 5.69 Å². The summed E-state index contributed by atoms with van der Waals surface area (Å²) in [4.78, 5) is 51.1. The van der Waals surface area contributed by atoms with Crippen LogP contribution in [0.1, 0.15) is 45.1 Å². The van der Waals surface area contributed by atoms with Crippen LogP contribution in [-0.4, -0.2) is 57.3 Å². The standard InChI is InChI=1S/C23H26N4O11/c1-11(2)21(29)24-19-4-5-26(22(30)25-19)20-8-15(28)18(38-20)9-34-23(31)37-12(3)13-6-16-17(36-10-35-16)7-14(13)27(32)33/h4-7,11-12,15,18,20,28H,8-10H2,1-3H3,(H,24,25,29,30)/t12?,15-,18+,20+/m0/s1. The van der Waals surface area contributed by atoms with Crippen LogP contribution in [0.5, 0.6) is 11.5 Å². The number of carbonyl (C=O) groups excluding carboxylic acids is 2. The molecule has 0 aliphatic carbocycles. The number of anilines is 1. The van der Waals surface area contributed by atoms with Crippen LogP contribution in [0.15, 0.2) is 29.2 Å². The van der Waals surface area contributed by atoms with Crippen LogP contribution < -0.4 is 20.5 Å². The van der Waals surface area contributed by atoms with E-state index < -0.39 is 47.9 Å². The molecule has 15 heteroatoms. The van der Waals surface area contributed by atoms with E-state index in [1.165, 1.54) is 31.3 Å². The van der Waals surface area contributed by atoms with Gasteiger partial charge in [-0.15, -0.1) is 0 Å². The highest BCUT2D eigenvalue weighted by atomic mass is 16.7. The van der Waals surface area contributed by atoms with Crippen LogP contribution in [0, 0.1) is 16.0 Å². The van der Waals surface area contributed by atoms with Gasteiger partial charge in [0, 0.05) is 18.5 Å². The van der Waals surface area contributed by atoms with E-state index >= 15 is 0 Å². The van der Waals surface area contributed by atoms with Gasteiger partial charge in [0.15, 0.2) is 11.5 Å². The first-order chi connectivity index (χ1) is 18.0. The first-order valence-electron chi connectivity index (χ1n) is 11.7. The summed E-state index contributed by atoms with van der Waals surface area (Å²) in [5.41, 5.74) is -0.946. The van der Waals surface area contributed by atoms with E-state index in [1.54, 1.807) is 13.8 Å². The maximum Gasteiger partial charge on any atom is 0.508 e. The molecular weight excluding hydrogens is 508 g/mol. The lowest BCUT2D eigenvalue weighted by Gasteiger charge is -2.18. The minimum atomic E-state index is -1.15. The molecule has 0 spiro atoms. The third-order valence-electron chi connectivity index (χ3n) is 5.92. The number of nitro benzene ring substituents is 1. The fraction of sp³-hybridized carbons (Fsp3) is 0.478. The predicted molar refractivity (Wildman–Crippen MR) is 127 cm³/mol. The smallest absolute Gasteiger partial charge is 0.454 e. The van der Waals surface area contributed by atoms with Gasteiger partial charge in [-0.25, -0.2) is 9.59 Å². The molecule has 2 aromatic rings. The van der Waals surface area contributed by atoms with Gasteiger partial charge in [-0.3, -0.25) is 19.5 Å². The Balaban J connectivity index is 1.34. The number of benzene rings is 1. The molecule has 38 heavy (non-hydrogen) atoms. The molecule has 1 fully saturated rings. The number of aliphatic hydroxyl groups is 1. The maximum atomic E-state index is 12.4. The number of amides is 1. The van der Waals surface area contributed by atoms with Crippen molar-refractivity contribution in [2.75, 3.05) is 18.7 Å². The highest BCUT2D eigenvalue weighted by molar-refractivity contribution is 5.91. The van der Waals surface area contributed by atoms with E-state index in [0.717, 1.165) is 4.57 Å². The number of aromatic nitrogens is 2. The van der Waals surface area contributed by atoms with Crippen molar-refractivity contribution in [1.82, 2.24) is 9.55 Å². The molecular formula is C23H26N4O11.